The molecule has 1 N–H and O–H groups in total. The number of carboxylic acid groups (broad SMARTS) is 1. The lowest BCUT2D eigenvalue weighted by Gasteiger charge is -2.34. The van der Waals surface area contributed by atoms with Crippen molar-refractivity contribution in [2.75, 3.05) is 18.8 Å². The van der Waals surface area contributed by atoms with Gasteiger partial charge < -0.3 is 10.0 Å². The number of rotatable bonds is 3. The SMILES string of the molecule is O=C(O)C1(C(=O)N2CCSC(c3ccccc3)C2)CC1. The maximum atomic E-state index is 12.4. The first-order valence-electron chi connectivity index (χ1n) is 6.83. The number of benzene rings is 1. The Labute approximate surface area is 122 Å². The fourth-order valence-electron chi connectivity index (χ4n) is 2.65. The predicted molar refractivity (Wildman–Crippen MR) is 77.5 cm³/mol. The molecule has 2 fully saturated rings. The topological polar surface area (TPSA) is 57.6 Å². The highest BCUT2D eigenvalue weighted by Crippen LogP contribution is 2.48. The van der Waals surface area contributed by atoms with Gasteiger partial charge in [0.05, 0.1) is 0 Å². The van der Waals surface area contributed by atoms with E-state index in [-0.39, 0.29) is 11.2 Å². The first-order chi connectivity index (χ1) is 9.63. The second-order valence-corrected chi connectivity index (χ2v) is 6.72. The van der Waals surface area contributed by atoms with Crippen LogP contribution in [0.1, 0.15) is 23.7 Å². The largest absolute Gasteiger partial charge is 0.480 e. The van der Waals surface area contributed by atoms with Gasteiger partial charge in [-0.05, 0) is 18.4 Å². The van der Waals surface area contributed by atoms with Gasteiger partial charge in [-0.15, -0.1) is 0 Å². The van der Waals surface area contributed by atoms with Crippen LogP contribution in [0.2, 0.25) is 0 Å². The summed E-state index contributed by atoms with van der Waals surface area (Å²) in [5, 5.41) is 9.48. The number of carbonyl (C=O) groups is 2. The van der Waals surface area contributed by atoms with Crippen molar-refractivity contribution in [3.05, 3.63) is 35.9 Å². The van der Waals surface area contributed by atoms with E-state index in [0.29, 0.717) is 25.9 Å². The molecule has 0 bridgehead atoms. The highest BCUT2D eigenvalue weighted by molar-refractivity contribution is 7.99. The minimum Gasteiger partial charge on any atom is -0.480 e. The Bertz CT molecular complexity index is 527. The van der Waals surface area contributed by atoms with Gasteiger partial charge in [-0.1, -0.05) is 30.3 Å². The van der Waals surface area contributed by atoms with Crippen LogP contribution in [0.5, 0.6) is 0 Å². The van der Waals surface area contributed by atoms with Gasteiger partial charge in [0.1, 0.15) is 5.41 Å². The Hall–Kier alpha value is -1.49. The molecule has 2 aliphatic rings. The van der Waals surface area contributed by atoms with Gasteiger partial charge in [0.25, 0.3) is 0 Å². The molecule has 1 unspecified atom stereocenters. The summed E-state index contributed by atoms with van der Waals surface area (Å²) in [5.41, 5.74) is 0.0960. The molecular weight excluding hydrogens is 274 g/mol. The predicted octanol–water partition coefficient (Wildman–Crippen LogP) is 2.17. The molecule has 1 aliphatic heterocycles. The average molecular weight is 291 g/mol. The van der Waals surface area contributed by atoms with E-state index < -0.39 is 11.4 Å². The van der Waals surface area contributed by atoms with E-state index in [1.165, 1.54) is 5.56 Å². The molecule has 1 saturated carbocycles. The molecule has 4 nitrogen and oxygen atoms in total. The van der Waals surface area contributed by atoms with Crippen LogP contribution in [0, 0.1) is 5.41 Å². The molecule has 1 saturated heterocycles. The van der Waals surface area contributed by atoms with E-state index in [1.807, 2.05) is 30.0 Å². The van der Waals surface area contributed by atoms with Gasteiger partial charge in [0, 0.05) is 24.1 Å². The standard InChI is InChI=1S/C15H17NO3S/c17-13(15(6-7-15)14(18)19)16-8-9-20-12(10-16)11-4-2-1-3-5-11/h1-5,12H,6-10H2,(H,18,19). The van der Waals surface area contributed by atoms with Crippen molar-refractivity contribution in [1.82, 2.24) is 4.90 Å². The third-order valence-corrected chi connectivity index (χ3v) is 5.34. The minimum atomic E-state index is -1.11. The van der Waals surface area contributed by atoms with E-state index in [1.54, 1.807) is 4.90 Å². The zero-order valence-electron chi connectivity index (χ0n) is 11.1. The normalized spacial score (nSPS) is 24.2. The first kappa shape index (κ1) is 13.5. The summed E-state index contributed by atoms with van der Waals surface area (Å²) in [6, 6.07) is 10.1. The van der Waals surface area contributed by atoms with Crippen molar-refractivity contribution in [3.8, 4) is 0 Å². The second kappa shape index (κ2) is 5.13. The van der Waals surface area contributed by atoms with Crippen LogP contribution in [-0.4, -0.2) is 40.7 Å². The Morgan fingerprint density at radius 2 is 1.95 bits per heavy atom. The maximum absolute atomic E-state index is 12.4. The van der Waals surface area contributed by atoms with E-state index in [0.717, 1.165) is 5.75 Å². The van der Waals surface area contributed by atoms with Gasteiger partial charge in [0.15, 0.2) is 0 Å². The molecule has 1 aliphatic carbocycles. The fraction of sp³-hybridized carbons (Fsp3) is 0.467. The molecule has 0 aromatic heterocycles. The summed E-state index contributed by atoms with van der Waals surface area (Å²) in [5.74, 6) is -0.288. The summed E-state index contributed by atoms with van der Waals surface area (Å²) in [6.45, 7) is 1.27. The van der Waals surface area contributed by atoms with E-state index in [9.17, 15) is 14.7 Å². The number of carbonyl (C=O) groups excluding carboxylic acids is 1. The van der Waals surface area contributed by atoms with E-state index >= 15 is 0 Å². The summed E-state index contributed by atoms with van der Waals surface area (Å²) < 4.78 is 0. The number of thioether (sulfide) groups is 1. The number of aliphatic carboxylic acids is 1. The van der Waals surface area contributed by atoms with Crippen molar-refractivity contribution < 1.29 is 14.7 Å². The van der Waals surface area contributed by atoms with Gasteiger partial charge in [0.2, 0.25) is 5.91 Å². The molecular formula is C15H17NO3S. The van der Waals surface area contributed by atoms with Gasteiger partial charge in [-0.25, -0.2) is 0 Å². The lowest BCUT2D eigenvalue weighted by Crippen LogP contribution is -2.45. The fourth-order valence-corrected chi connectivity index (χ4v) is 3.90. The quantitative estimate of drug-likeness (QED) is 0.867. The molecule has 1 aromatic carbocycles. The molecule has 0 spiro atoms. The molecule has 1 heterocycles. The lowest BCUT2D eigenvalue weighted by atomic mass is 10.0. The molecule has 20 heavy (non-hydrogen) atoms. The number of hydrogen-bond donors (Lipinski definition) is 1. The van der Waals surface area contributed by atoms with Gasteiger partial charge in [-0.2, -0.15) is 11.8 Å². The third kappa shape index (κ3) is 2.30. The zero-order valence-corrected chi connectivity index (χ0v) is 11.9. The highest BCUT2D eigenvalue weighted by atomic mass is 32.2. The van der Waals surface area contributed by atoms with E-state index in [4.69, 9.17) is 0 Å². The molecule has 3 rings (SSSR count). The minimum absolute atomic E-state index is 0.189. The first-order valence-corrected chi connectivity index (χ1v) is 7.88. The van der Waals surface area contributed by atoms with Crippen LogP contribution < -0.4 is 0 Å². The smallest absolute Gasteiger partial charge is 0.319 e. The number of carboxylic acids is 1. The van der Waals surface area contributed by atoms with Crippen LogP contribution in [-0.2, 0) is 9.59 Å². The van der Waals surface area contributed by atoms with Gasteiger partial charge in [-0.3, -0.25) is 9.59 Å². The van der Waals surface area contributed by atoms with Crippen LogP contribution in [0.3, 0.4) is 0 Å². The third-order valence-electron chi connectivity index (χ3n) is 4.09. The van der Waals surface area contributed by atoms with Crippen molar-refractivity contribution >= 4 is 23.6 Å². The Balaban J connectivity index is 1.73. The number of amides is 1. The van der Waals surface area contributed by atoms with Crippen molar-refractivity contribution in [3.63, 3.8) is 0 Å². The van der Waals surface area contributed by atoms with E-state index in [2.05, 4.69) is 12.1 Å². The van der Waals surface area contributed by atoms with Crippen molar-refractivity contribution in [2.45, 2.75) is 18.1 Å². The van der Waals surface area contributed by atoms with Crippen molar-refractivity contribution in [2.24, 2.45) is 5.41 Å². The Kier molecular flexibility index (Phi) is 3.46. The summed E-state index contributed by atoms with van der Waals surface area (Å²) in [4.78, 5) is 25.4. The van der Waals surface area contributed by atoms with Crippen LogP contribution in [0.4, 0.5) is 0 Å². The Morgan fingerprint density at radius 3 is 2.55 bits per heavy atom. The molecule has 1 aromatic rings. The molecule has 1 atom stereocenters. The number of hydrogen-bond acceptors (Lipinski definition) is 3. The summed E-state index contributed by atoms with van der Waals surface area (Å²) in [6.07, 6.45) is 0.974. The van der Waals surface area contributed by atoms with Crippen molar-refractivity contribution in [1.29, 1.82) is 0 Å². The Morgan fingerprint density at radius 1 is 1.25 bits per heavy atom. The molecule has 1 amide bonds. The van der Waals surface area contributed by atoms with Crippen LogP contribution >= 0.6 is 11.8 Å². The van der Waals surface area contributed by atoms with Crippen LogP contribution in [0.25, 0.3) is 0 Å². The molecule has 106 valence electrons. The molecule has 5 heteroatoms. The summed E-state index contributed by atoms with van der Waals surface area (Å²) in [7, 11) is 0. The monoisotopic (exact) mass is 291 g/mol. The second-order valence-electron chi connectivity index (χ2n) is 5.41. The van der Waals surface area contributed by atoms with Crippen LogP contribution in [0.15, 0.2) is 30.3 Å². The zero-order chi connectivity index (χ0) is 14.2. The maximum Gasteiger partial charge on any atom is 0.319 e. The number of nitrogens with zero attached hydrogens (tertiary/aromatic N) is 1. The van der Waals surface area contributed by atoms with Gasteiger partial charge >= 0.3 is 5.97 Å². The molecule has 0 radical (unpaired) electrons. The summed E-state index contributed by atoms with van der Waals surface area (Å²) >= 11 is 1.84. The lowest BCUT2D eigenvalue weighted by molar-refractivity contribution is -0.153. The highest BCUT2D eigenvalue weighted by Gasteiger charge is 2.58. The average Bonchev–Trinajstić information content (AvgIpc) is 3.29.